The van der Waals surface area contributed by atoms with Crippen LogP contribution in [0.1, 0.15) is 39.2 Å². The molecule has 0 unspecified atom stereocenters. The maximum Gasteiger partial charge on any atom is 0.242 e. The highest BCUT2D eigenvalue weighted by Gasteiger charge is 2.27. The van der Waals surface area contributed by atoms with Gasteiger partial charge in [0.1, 0.15) is 19.3 Å². The van der Waals surface area contributed by atoms with Gasteiger partial charge in [-0.1, -0.05) is 44.2 Å². The van der Waals surface area contributed by atoms with E-state index in [2.05, 4.69) is 5.32 Å². The Labute approximate surface area is 219 Å². The number of hydrogen-bond donors (Lipinski definition) is 1. The van der Waals surface area contributed by atoms with Crippen molar-refractivity contribution in [1.82, 2.24) is 10.2 Å². The third kappa shape index (κ3) is 8.11. The zero-order valence-electron chi connectivity index (χ0n) is 22.0. The van der Waals surface area contributed by atoms with E-state index in [0.717, 1.165) is 11.8 Å². The molecule has 2 aromatic rings. The Bertz CT molecular complexity index is 1170. The van der Waals surface area contributed by atoms with Crippen LogP contribution in [0.5, 0.6) is 11.5 Å². The number of fused-ring (bicyclic) bond motifs is 1. The average Bonchev–Trinajstić information content (AvgIpc) is 2.87. The summed E-state index contributed by atoms with van der Waals surface area (Å²) in [5.74, 6) is 0.916. The van der Waals surface area contributed by atoms with E-state index in [-0.39, 0.29) is 43.7 Å². The molecule has 2 aromatic carbocycles. The summed E-state index contributed by atoms with van der Waals surface area (Å²) >= 11 is 0. The van der Waals surface area contributed by atoms with Gasteiger partial charge in [0, 0.05) is 32.1 Å². The molecule has 3 rings (SSSR count). The molecular formula is C27H37N3O6S. The van der Waals surface area contributed by atoms with Crippen LogP contribution in [0.3, 0.4) is 0 Å². The SMILES string of the molecule is CC(C)CNC(=O)[C@@H](C)N(Cc1ccccc1)C(=O)CCCN(c1ccc2c(c1)OCCO2)S(C)(=O)=O. The third-order valence-corrected chi connectivity index (χ3v) is 7.21. The van der Waals surface area contributed by atoms with Crippen molar-refractivity contribution in [3.05, 3.63) is 54.1 Å². The minimum absolute atomic E-state index is 0.0885. The highest BCUT2D eigenvalue weighted by molar-refractivity contribution is 7.92. The minimum atomic E-state index is -3.61. The van der Waals surface area contributed by atoms with Crippen molar-refractivity contribution in [2.24, 2.45) is 5.92 Å². The van der Waals surface area contributed by atoms with Gasteiger partial charge in [-0.2, -0.15) is 0 Å². The summed E-state index contributed by atoms with van der Waals surface area (Å²) < 4.78 is 37.5. The minimum Gasteiger partial charge on any atom is -0.486 e. The molecule has 0 spiro atoms. The smallest absolute Gasteiger partial charge is 0.242 e. The van der Waals surface area contributed by atoms with Crippen LogP contribution in [0.4, 0.5) is 5.69 Å². The van der Waals surface area contributed by atoms with Crippen LogP contribution in [0.15, 0.2) is 48.5 Å². The Morgan fingerprint density at radius 2 is 1.68 bits per heavy atom. The molecule has 1 heterocycles. The molecule has 9 nitrogen and oxygen atoms in total. The molecule has 1 atom stereocenters. The van der Waals surface area contributed by atoms with Crippen molar-refractivity contribution in [1.29, 1.82) is 0 Å². The Balaban J connectivity index is 1.71. The molecule has 10 heteroatoms. The summed E-state index contributed by atoms with van der Waals surface area (Å²) in [5.41, 5.74) is 1.36. The number of anilines is 1. The van der Waals surface area contributed by atoms with E-state index >= 15 is 0 Å². The number of nitrogens with zero attached hydrogens (tertiary/aromatic N) is 2. The molecule has 0 saturated heterocycles. The van der Waals surface area contributed by atoms with E-state index in [4.69, 9.17) is 9.47 Å². The van der Waals surface area contributed by atoms with Crippen LogP contribution < -0.4 is 19.1 Å². The number of benzene rings is 2. The number of nitrogens with one attached hydrogen (secondary N) is 1. The molecule has 1 aliphatic rings. The summed E-state index contributed by atoms with van der Waals surface area (Å²) in [4.78, 5) is 27.7. The van der Waals surface area contributed by atoms with Crippen LogP contribution in [-0.4, -0.2) is 63.7 Å². The second-order valence-corrected chi connectivity index (χ2v) is 11.5. The first-order valence-electron chi connectivity index (χ1n) is 12.5. The van der Waals surface area contributed by atoms with Crippen LogP contribution >= 0.6 is 0 Å². The van der Waals surface area contributed by atoms with Crippen molar-refractivity contribution < 1.29 is 27.5 Å². The van der Waals surface area contributed by atoms with Crippen LogP contribution in [0.2, 0.25) is 0 Å². The van der Waals surface area contributed by atoms with Gasteiger partial charge in [-0.3, -0.25) is 13.9 Å². The predicted octanol–water partition coefficient (Wildman–Crippen LogP) is 3.19. The van der Waals surface area contributed by atoms with Crippen LogP contribution in [0.25, 0.3) is 0 Å². The molecule has 0 radical (unpaired) electrons. The van der Waals surface area contributed by atoms with Gasteiger partial charge in [0.25, 0.3) is 0 Å². The normalized spacial score (nSPS) is 13.6. The molecule has 37 heavy (non-hydrogen) atoms. The Morgan fingerprint density at radius 3 is 2.32 bits per heavy atom. The van der Waals surface area contributed by atoms with Crippen molar-refractivity contribution in [2.45, 2.75) is 46.2 Å². The van der Waals surface area contributed by atoms with Crippen LogP contribution in [0, 0.1) is 5.92 Å². The molecular weight excluding hydrogens is 494 g/mol. The number of rotatable bonds is 12. The topological polar surface area (TPSA) is 105 Å². The number of carbonyl (C=O) groups excluding carboxylic acids is 2. The lowest BCUT2D eigenvalue weighted by Crippen LogP contribution is -2.48. The molecule has 0 aliphatic carbocycles. The fourth-order valence-electron chi connectivity index (χ4n) is 4.01. The molecule has 2 amide bonds. The van der Waals surface area contributed by atoms with E-state index < -0.39 is 16.1 Å². The summed E-state index contributed by atoms with van der Waals surface area (Å²) in [6, 6.07) is 13.8. The molecule has 202 valence electrons. The number of amides is 2. The first-order valence-corrected chi connectivity index (χ1v) is 14.4. The quantitative estimate of drug-likeness (QED) is 0.451. The van der Waals surface area contributed by atoms with E-state index in [1.54, 1.807) is 30.0 Å². The fraction of sp³-hybridized carbons (Fsp3) is 0.481. The van der Waals surface area contributed by atoms with Gasteiger partial charge in [-0.25, -0.2) is 8.42 Å². The lowest BCUT2D eigenvalue weighted by Gasteiger charge is -2.30. The van der Waals surface area contributed by atoms with Gasteiger partial charge in [0.2, 0.25) is 21.8 Å². The standard InChI is InChI=1S/C27H37N3O6S/c1-20(2)18-28-27(32)21(3)29(19-22-9-6-5-7-10-22)26(31)11-8-14-30(37(4,33)34)23-12-13-24-25(17-23)36-16-15-35-24/h5-7,9-10,12-13,17,20-21H,8,11,14-16,18-19H2,1-4H3,(H,28,32)/t21-/m1/s1. The summed E-state index contributed by atoms with van der Waals surface area (Å²) in [5, 5.41) is 2.90. The second-order valence-electron chi connectivity index (χ2n) is 9.59. The van der Waals surface area contributed by atoms with E-state index in [0.29, 0.717) is 36.9 Å². The van der Waals surface area contributed by atoms with Gasteiger partial charge in [0.15, 0.2) is 11.5 Å². The summed E-state index contributed by atoms with van der Waals surface area (Å²) in [6.45, 7) is 7.48. The van der Waals surface area contributed by atoms with Crippen molar-refractivity contribution in [3.63, 3.8) is 0 Å². The molecule has 0 saturated carbocycles. The number of ether oxygens (including phenoxy) is 2. The predicted molar refractivity (Wildman–Crippen MR) is 143 cm³/mol. The van der Waals surface area contributed by atoms with Gasteiger partial charge in [-0.15, -0.1) is 0 Å². The van der Waals surface area contributed by atoms with Gasteiger partial charge in [-0.05, 0) is 37.0 Å². The van der Waals surface area contributed by atoms with Gasteiger partial charge in [0.05, 0.1) is 11.9 Å². The van der Waals surface area contributed by atoms with Crippen LogP contribution in [-0.2, 0) is 26.2 Å². The Hall–Kier alpha value is -3.27. The molecule has 1 N–H and O–H groups in total. The summed E-state index contributed by atoms with van der Waals surface area (Å²) in [6.07, 6.45) is 1.51. The third-order valence-electron chi connectivity index (χ3n) is 6.01. The molecule has 0 bridgehead atoms. The van der Waals surface area contributed by atoms with E-state index in [9.17, 15) is 18.0 Å². The van der Waals surface area contributed by atoms with Gasteiger partial charge >= 0.3 is 0 Å². The average molecular weight is 532 g/mol. The zero-order valence-corrected chi connectivity index (χ0v) is 22.8. The summed E-state index contributed by atoms with van der Waals surface area (Å²) in [7, 11) is -3.61. The highest BCUT2D eigenvalue weighted by Crippen LogP contribution is 2.34. The fourth-order valence-corrected chi connectivity index (χ4v) is 4.96. The lowest BCUT2D eigenvalue weighted by atomic mass is 10.1. The molecule has 1 aliphatic heterocycles. The Morgan fingerprint density at radius 1 is 1.00 bits per heavy atom. The van der Waals surface area contributed by atoms with Crippen molar-refractivity contribution >= 4 is 27.5 Å². The largest absolute Gasteiger partial charge is 0.486 e. The highest BCUT2D eigenvalue weighted by atomic mass is 32.2. The zero-order chi connectivity index (χ0) is 27.0. The number of sulfonamides is 1. The number of carbonyl (C=O) groups is 2. The maximum atomic E-state index is 13.3. The second kappa shape index (κ2) is 12.8. The maximum absolute atomic E-state index is 13.3. The van der Waals surface area contributed by atoms with E-state index in [1.165, 1.54) is 4.31 Å². The monoisotopic (exact) mass is 531 g/mol. The molecule has 0 aromatic heterocycles. The first-order chi connectivity index (χ1) is 17.6. The van der Waals surface area contributed by atoms with Crippen molar-refractivity contribution in [3.8, 4) is 11.5 Å². The molecule has 0 fully saturated rings. The van der Waals surface area contributed by atoms with E-state index in [1.807, 2.05) is 44.2 Å². The number of hydrogen-bond acceptors (Lipinski definition) is 6. The van der Waals surface area contributed by atoms with Gasteiger partial charge < -0.3 is 19.7 Å². The lowest BCUT2D eigenvalue weighted by molar-refractivity contribution is -0.140. The Kier molecular flexibility index (Phi) is 9.79. The van der Waals surface area contributed by atoms with Crippen molar-refractivity contribution in [2.75, 3.05) is 36.9 Å². The first kappa shape index (κ1) is 28.3.